The lowest BCUT2D eigenvalue weighted by molar-refractivity contribution is -0.116. The molecule has 0 fully saturated rings. The maximum Gasteiger partial charge on any atom is 0.226 e. The summed E-state index contributed by atoms with van der Waals surface area (Å²) in [4.78, 5) is 32.3. The van der Waals surface area contributed by atoms with Gasteiger partial charge >= 0.3 is 0 Å². The SMILES string of the molecule is Cc1[nH]c2ccccc2c1-c1csc(NC(=O)CCC(=O)c2ccccc2)n1. The topological polar surface area (TPSA) is 74.8 Å². The van der Waals surface area contributed by atoms with Crippen LogP contribution in [0.1, 0.15) is 28.9 Å². The lowest BCUT2D eigenvalue weighted by atomic mass is 10.1. The summed E-state index contributed by atoms with van der Waals surface area (Å²) in [7, 11) is 0. The minimum Gasteiger partial charge on any atom is -0.358 e. The molecule has 0 atom stereocenters. The number of para-hydroxylation sites is 1. The van der Waals surface area contributed by atoms with Crippen LogP contribution in [-0.4, -0.2) is 21.7 Å². The number of aromatic amines is 1. The smallest absolute Gasteiger partial charge is 0.226 e. The monoisotopic (exact) mass is 389 g/mol. The van der Waals surface area contributed by atoms with Gasteiger partial charge in [0.2, 0.25) is 5.91 Å². The molecule has 0 radical (unpaired) electrons. The Morgan fingerprint density at radius 3 is 2.61 bits per heavy atom. The van der Waals surface area contributed by atoms with Gasteiger partial charge in [-0.3, -0.25) is 9.59 Å². The van der Waals surface area contributed by atoms with E-state index in [9.17, 15) is 9.59 Å². The zero-order valence-electron chi connectivity index (χ0n) is 15.4. The van der Waals surface area contributed by atoms with Crippen LogP contribution in [0.4, 0.5) is 5.13 Å². The molecule has 0 saturated heterocycles. The van der Waals surface area contributed by atoms with Crippen molar-refractivity contribution in [3.8, 4) is 11.3 Å². The van der Waals surface area contributed by atoms with E-state index in [4.69, 9.17) is 0 Å². The first-order chi connectivity index (χ1) is 13.6. The Morgan fingerprint density at radius 1 is 1.04 bits per heavy atom. The zero-order valence-corrected chi connectivity index (χ0v) is 16.2. The Hall–Kier alpha value is -3.25. The van der Waals surface area contributed by atoms with E-state index in [1.54, 1.807) is 12.1 Å². The van der Waals surface area contributed by atoms with Crippen LogP contribution >= 0.6 is 11.3 Å². The summed E-state index contributed by atoms with van der Waals surface area (Å²) in [6, 6.07) is 17.1. The van der Waals surface area contributed by atoms with E-state index in [1.807, 2.05) is 48.7 Å². The van der Waals surface area contributed by atoms with Gasteiger partial charge in [-0.2, -0.15) is 0 Å². The Bertz CT molecular complexity index is 1150. The summed E-state index contributed by atoms with van der Waals surface area (Å²) in [6.07, 6.45) is 0.310. The Morgan fingerprint density at radius 2 is 1.79 bits per heavy atom. The molecule has 2 N–H and O–H groups in total. The Kier molecular flexibility index (Phi) is 5.04. The number of Topliss-reactive ketones (excluding diaryl/α,β-unsaturated/α-hetero) is 1. The van der Waals surface area contributed by atoms with Crippen LogP contribution in [0.5, 0.6) is 0 Å². The van der Waals surface area contributed by atoms with Crippen LogP contribution in [0, 0.1) is 6.92 Å². The van der Waals surface area contributed by atoms with Crippen molar-refractivity contribution in [1.82, 2.24) is 9.97 Å². The van der Waals surface area contributed by atoms with Crippen molar-refractivity contribution < 1.29 is 9.59 Å². The molecule has 5 nitrogen and oxygen atoms in total. The van der Waals surface area contributed by atoms with Crippen LogP contribution in [-0.2, 0) is 4.79 Å². The number of hydrogen-bond acceptors (Lipinski definition) is 4. The van der Waals surface area contributed by atoms with Crippen molar-refractivity contribution in [3.05, 3.63) is 71.2 Å². The van der Waals surface area contributed by atoms with Gasteiger partial charge in [0.1, 0.15) is 0 Å². The van der Waals surface area contributed by atoms with Gasteiger partial charge in [0.15, 0.2) is 10.9 Å². The number of ketones is 1. The molecule has 0 aliphatic carbocycles. The molecule has 2 aromatic heterocycles. The van der Waals surface area contributed by atoms with Crippen molar-refractivity contribution >= 4 is 39.1 Å². The number of benzene rings is 2. The van der Waals surface area contributed by atoms with E-state index >= 15 is 0 Å². The lowest BCUT2D eigenvalue weighted by Gasteiger charge is -2.02. The molecule has 0 saturated carbocycles. The lowest BCUT2D eigenvalue weighted by Crippen LogP contribution is -2.13. The predicted octanol–water partition coefficient (Wildman–Crippen LogP) is 5.20. The van der Waals surface area contributed by atoms with Crippen molar-refractivity contribution in [3.63, 3.8) is 0 Å². The van der Waals surface area contributed by atoms with Crippen molar-refractivity contribution in [2.45, 2.75) is 19.8 Å². The fourth-order valence-corrected chi connectivity index (χ4v) is 3.95. The van der Waals surface area contributed by atoms with Gasteiger partial charge in [-0.15, -0.1) is 11.3 Å². The number of fused-ring (bicyclic) bond motifs is 1. The average Bonchev–Trinajstić information content (AvgIpc) is 3.29. The second-order valence-electron chi connectivity index (χ2n) is 6.55. The predicted molar refractivity (Wildman–Crippen MR) is 113 cm³/mol. The van der Waals surface area contributed by atoms with Crippen LogP contribution < -0.4 is 5.32 Å². The number of nitrogens with one attached hydrogen (secondary N) is 2. The van der Waals surface area contributed by atoms with Gasteiger partial charge in [-0.1, -0.05) is 48.5 Å². The highest BCUT2D eigenvalue weighted by molar-refractivity contribution is 7.14. The minimum absolute atomic E-state index is 0.0370. The van der Waals surface area contributed by atoms with Crippen LogP contribution in [0.3, 0.4) is 0 Å². The maximum absolute atomic E-state index is 12.2. The summed E-state index contributed by atoms with van der Waals surface area (Å²) in [6.45, 7) is 2.02. The largest absolute Gasteiger partial charge is 0.358 e. The quantitative estimate of drug-likeness (QED) is 0.445. The molecule has 140 valence electrons. The number of carbonyl (C=O) groups is 2. The summed E-state index contributed by atoms with van der Waals surface area (Å²) in [5.41, 5.74) is 4.61. The maximum atomic E-state index is 12.2. The van der Waals surface area contributed by atoms with Gasteiger partial charge in [0.25, 0.3) is 0 Å². The minimum atomic E-state index is -0.208. The van der Waals surface area contributed by atoms with Crippen LogP contribution in [0.2, 0.25) is 0 Å². The number of hydrogen-bond donors (Lipinski definition) is 2. The molecule has 2 aromatic carbocycles. The van der Waals surface area contributed by atoms with Crippen molar-refractivity contribution in [2.75, 3.05) is 5.32 Å². The fourth-order valence-electron chi connectivity index (χ4n) is 3.23. The summed E-state index contributed by atoms with van der Waals surface area (Å²) >= 11 is 1.38. The second-order valence-corrected chi connectivity index (χ2v) is 7.40. The first kappa shape index (κ1) is 18.1. The van der Waals surface area contributed by atoms with Gasteiger partial charge in [-0.05, 0) is 13.0 Å². The number of H-pyrrole nitrogens is 1. The molecule has 2 heterocycles. The normalized spacial score (nSPS) is 10.9. The zero-order chi connectivity index (χ0) is 19.5. The van der Waals surface area contributed by atoms with Crippen LogP contribution in [0.15, 0.2) is 60.0 Å². The van der Waals surface area contributed by atoms with Gasteiger partial charge in [0, 0.05) is 45.9 Å². The molecular weight excluding hydrogens is 370 g/mol. The summed E-state index contributed by atoms with van der Waals surface area (Å²) in [5.74, 6) is -0.245. The average molecular weight is 389 g/mol. The van der Waals surface area contributed by atoms with Crippen LogP contribution in [0.25, 0.3) is 22.2 Å². The number of thiazole rings is 1. The molecule has 0 spiro atoms. The van der Waals surface area contributed by atoms with E-state index in [0.717, 1.165) is 27.9 Å². The Balaban J connectivity index is 1.43. The number of carbonyl (C=O) groups excluding carboxylic acids is 2. The highest BCUT2D eigenvalue weighted by Gasteiger charge is 2.15. The van der Waals surface area contributed by atoms with E-state index in [1.165, 1.54) is 11.3 Å². The third kappa shape index (κ3) is 3.73. The van der Waals surface area contributed by atoms with E-state index < -0.39 is 0 Å². The van der Waals surface area contributed by atoms with Gasteiger partial charge in [0.05, 0.1) is 5.69 Å². The van der Waals surface area contributed by atoms with Gasteiger partial charge < -0.3 is 10.3 Å². The molecule has 0 aliphatic rings. The summed E-state index contributed by atoms with van der Waals surface area (Å²) < 4.78 is 0. The molecular formula is C22H19N3O2S. The van der Waals surface area contributed by atoms with Crippen molar-refractivity contribution in [1.29, 1.82) is 0 Å². The highest BCUT2D eigenvalue weighted by Crippen LogP contribution is 2.33. The molecule has 1 amide bonds. The van der Waals surface area contributed by atoms with E-state index in [0.29, 0.717) is 10.7 Å². The third-order valence-electron chi connectivity index (χ3n) is 4.58. The van der Waals surface area contributed by atoms with E-state index in [-0.39, 0.29) is 24.5 Å². The Labute approximate surface area is 166 Å². The second kappa shape index (κ2) is 7.78. The fraction of sp³-hybridized carbons (Fsp3) is 0.136. The standard InChI is InChI=1S/C22H19N3O2S/c1-14-21(16-9-5-6-10-17(16)23-14)18-13-28-22(24-18)25-20(27)12-11-19(26)15-7-3-2-4-8-15/h2-10,13,23H,11-12H2,1H3,(H,24,25,27). The highest BCUT2D eigenvalue weighted by atomic mass is 32.1. The van der Waals surface area contributed by atoms with Gasteiger partial charge in [-0.25, -0.2) is 4.98 Å². The molecule has 0 unspecified atom stereocenters. The van der Waals surface area contributed by atoms with Crippen molar-refractivity contribution in [2.24, 2.45) is 0 Å². The summed E-state index contributed by atoms with van der Waals surface area (Å²) in [5, 5.41) is 6.39. The molecule has 0 bridgehead atoms. The first-order valence-electron chi connectivity index (χ1n) is 9.03. The number of aromatic nitrogens is 2. The molecule has 0 aliphatic heterocycles. The number of nitrogens with zero attached hydrogens (tertiary/aromatic N) is 1. The number of rotatable bonds is 6. The molecule has 6 heteroatoms. The molecule has 28 heavy (non-hydrogen) atoms. The first-order valence-corrected chi connectivity index (χ1v) is 9.91. The number of amides is 1. The number of anilines is 1. The molecule has 4 rings (SSSR count). The van der Waals surface area contributed by atoms with E-state index in [2.05, 4.69) is 21.4 Å². The molecule has 4 aromatic rings. The third-order valence-corrected chi connectivity index (χ3v) is 5.33. The number of aryl methyl sites for hydroxylation is 1.